The highest BCUT2D eigenvalue weighted by atomic mass is 16.5. The van der Waals surface area contributed by atoms with Crippen molar-refractivity contribution in [3.8, 4) is 0 Å². The summed E-state index contributed by atoms with van der Waals surface area (Å²) < 4.78 is 4.95. The van der Waals surface area contributed by atoms with Crippen LogP contribution in [0, 0.1) is 6.92 Å². The third kappa shape index (κ3) is 6.00. The quantitative estimate of drug-likeness (QED) is 0.733. The van der Waals surface area contributed by atoms with Gasteiger partial charge in [-0.2, -0.15) is 5.10 Å². The van der Waals surface area contributed by atoms with Gasteiger partial charge in [0.1, 0.15) is 0 Å². The summed E-state index contributed by atoms with van der Waals surface area (Å²) in [4.78, 5) is 36.0. The largest absolute Gasteiger partial charge is 0.456 e. The van der Waals surface area contributed by atoms with Crippen molar-refractivity contribution < 1.29 is 19.1 Å². The molecule has 7 heteroatoms. The van der Waals surface area contributed by atoms with Crippen molar-refractivity contribution in [2.75, 3.05) is 18.5 Å². The molecular weight excluding hydrogens is 370 g/mol. The molecule has 0 bridgehead atoms. The van der Waals surface area contributed by atoms with Crippen molar-refractivity contribution in [3.63, 3.8) is 0 Å². The number of carbonyl (C=O) groups excluding carboxylic acids is 3. The highest BCUT2D eigenvalue weighted by Gasteiger charge is 2.22. The van der Waals surface area contributed by atoms with Crippen LogP contribution in [0.5, 0.6) is 0 Å². The van der Waals surface area contributed by atoms with Crippen LogP contribution in [-0.4, -0.2) is 41.7 Å². The van der Waals surface area contributed by atoms with Crippen molar-refractivity contribution >= 4 is 29.2 Å². The van der Waals surface area contributed by atoms with Gasteiger partial charge < -0.3 is 10.1 Å². The fourth-order valence-electron chi connectivity index (χ4n) is 2.95. The van der Waals surface area contributed by atoms with Crippen LogP contribution in [0.15, 0.2) is 59.7 Å². The molecular formula is C22H23N3O4. The number of ether oxygens (including phenoxy) is 1. The molecule has 2 aromatic carbocycles. The molecule has 1 aliphatic heterocycles. The summed E-state index contributed by atoms with van der Waals surface area (Å²) in [5.41, 5.74) is 3.50. The molecule has 0 aromatic heterocycles. The highest BCUT2D eigenvalue weighted by Crippen LogP contribution is 2.15. The number of hydrazone groups is 1. The SMILES string of the molecule is Cc1cccc(NC(=O)COC(=O)CCC(=O)N2CCC(c3ccccc3)=N2)c1. The molecule has 0 radical (unpaired) electrons. The van der Waals surface area contributed by atoms with E-state index in [1.54, 1.807) is 6.07 Å². The molecule has 2 amide bonds. The fraction of sp³-hybridized carbons (Fsp3) is 0.273. The number of anilines is 1. The van der Waals surface area contributed by atoms with Crippen molar-refractivity contribution in [2.24, 2.45) is 5.10 Å². The Morgan fingerprint density at radius 3 is 2.62 bits per heavy atom. The van der Waals surface area contributed by atoms with Gasteiger partial charge in [-0.25, -0.2) is 5.01 Å². The molecule has 0 atom stereocenters. The zero-order valence-electron chi connectivity index (χ0n) is 16.3. The molecule has 7 nitrogen and oxygen atoms in total. The predicted octanol–water partition coefficient (Wildman–Crippen LogP) is 2.89. The molecule has 0 aliphatic carbocycles. The number of nitrogens with zero attached hydrogens (tertiary/aromatic N) is 2. The van der Waals surface area contributed by atoms with Crippen LogP contribution >= 0.6 is 0 Å². The van der Waals surface area contributed by atoms with Crippen LogP contribution < -0.4 is 5.32 Å². The van der Waals surface area contributed by atoms with Crippen LogP contribution in [0.4, 0.5) is 5.69 Å². The van der Waals surface area contributed by atoms with Gasteiger partial charge in [-0.15, -0.1) is 0 Å². The zero-order chi connectivity index (χ0) is 20.6. The average molecular weight is 393 g/mol. The first kappa shape index (κ1) is 20.3. The molecule has 150 valence electrons. The molecule has 0 saturated carbocycles. The monoisotopic (exact) mass is 393 g/mol. The van der Waals surface area contributed by atoms with E-state index in [1.807, 2.05) is 55.5 Å². The Morgan fingerprint density at radius 2 is 1.86 bits per heavy atom. The summed E-state index contributed by atoms with van der Waals surface area (Å²) in [6.07, 6.45) is 0.576. The lowest BCUT2D eigenvalue weighted by Gasteiger charge is -2.11. The number of amides is 2. The molecule has 0 fully saturated rings. The van der Waals surface area contributed by atoms with Gasteiger partial charge >= 0.3 is 5.97 Å². The smallest absolute Gasteiger partial charge is 0.306 e. The first-order valence-corrected chi connectivity index (χ1v) is 9.46. The van der Waals surface area contributed by atoms with E-state index < -0.39 is 11.9 Å². The van der Waals surface area contributed by atoms with Gasteiger partial charge in [0.05, 0.1) is 18.7 Å². The van der Waals surface area contributed by atoms with Crippen LogP contribution in [-0.2, 0) is 19.1 Å². The van der Waals surface area contributed by atoms with Gasteiger partial charge in [0.25, 0.3) is 5.91 Å². The number of hydrogen-bond acceptors (Lipinski definition) is 5. The summed E-state index contributed by atoms with van der Waals surface area (Å²) in [6.45, 7) is 2.03. The van der Waals surface area contributed by atoms with Crippen LogP contribution in [0.3, 0.4) is 0 Å². The molecule has 3 rings (SSSR count). The third-order valence-electron chi connectivity index (χ3n) is 4.41. The second kappa shape index (κ2) is 9.64. The molecule has 1 aliphatic rings. The summed E-state index contributed by atoms with van der Waals surface area (Å²) >= 11 is 0. The lowest BCUT2D eigenvalue weighted by molar-refractivity contribution is -0.148. The molecule has 0 unspecified atom stereocenters. The topological polar surface area (TPSA) is 88.1 Å². The first-order chi connectivity index (χ1) is 14.0. The number of esters is 1. The number of benzene rings is 2. The van der Waals surface area contributed by atoms with Crippen molar-refractivity contribution in [2.45, 2.75) is 26.2 Å². The summed E-state index contributed by atoms with van der Waals surface area (Å²) in [7, 11) is 0. The third-order valence-corrected chi connectivity index (χ3v) is 4.41. The second-order valence-corrected chi connectivity index (χ2v) is 6.76. The number of nitrogens with one attached hydrogen (secondary N) is 1. The molecule has 0 saturated heterocycles. The van der Waals surface area contributed by atoms with Crippen molar-refractivity contribution in [1.29, 1.82) is 0 Å². The van der Waals surface area contributed by atoms with E-state index in [0.29, 0.717) is 18.7 Å². The number of hydrogen-bond donors (Lipinski definition) is 1. The molecule has 2 aromatic rings. The highest BCUT2D eigenvalue weighted by molar-refractivity contribution is 6.02. The Kier molecular flexibility index (Phi) is 6.73. The zero-order valence-corrected chi connectivity index (χ0v) is 16.3. The summed E-state index contributed by atoms with van der Waals surface area (Å²) in [5, 5.41) is 8.40. The minimum absolute atomic E-state index is 0.0100. The van der Waals surface area contributed by atoms with E-state index in [4.69, 9.17) is 4.74 Å². The van der Waals surface area contributed by atoms with Gasteiger partial charge in [-0.05, 0) is 30.2 Å². The predicted molar refractivity (Wildman–Crippen MR) is 109 cm³/mol. The Bertz CT molecular complexity index is 925. The minimum atomic E-state index is -0.593. The second-order valence-electron chi connectivity index (χ2n) is 6.76. The van der Waals surface area contributed by atoms with Gasteiger partial charge in [-0.3, -0.25) is 14.4 Å². The van der Waals surface area contributed by atoms with E-state index in [2.05, 4.69) is 10.4 Å². The first-order valence-electron chi connectivity index (χ1n) is 9.46. The van der Waals surface area contributed by atoms with Crippen LogP contribution in [0.25, 0.3) is 0 Å². The van der Waals surface area contributed by atoms with E-state index in [9.17, 15) is 14.4 Å². The van der Waals surface area contributed by atoms with Gasteiger partial charge in [0.2, 0.25) is 5.91 Å². The Balaban J connectivity index is 1.39. The lowest BCUT2D eigenvalue weighted by Crippen LogP contribution is -2.25. The summed E-state index contributed by atoms with van der Waals surface area (Å²) in [6, 6.07) is 17.0. The molecule has 1 heterocycles. The van der Waals surface area contributed by atoms with Gasteiger partial charge in [-0.1, -0.05) is 42.5 Å². The average Bonchev–Trinajstić information content (AvgIpc) is 3.21. The Hall–Kier alpha value is -3.48. The van der Waals surface area contributed by atoms with E-state index in [-0.39, 0.29) is 25.4 Å². The molecule has 1 N–H and O–H groups in total. The number of rotatable bonds is 7. The minimum Gasteiger partial charge on any atom is -0.456 e. The normalized spacial score (nSPS) is 13.0. The van der Waals surface area contributed by atoms with Gasteiger partial charge in [0, 0.05) is 18.5 Å². The van der Waals surface area contributed by atoms with E-state index in [0.717, 1.165) is 16.8 Å². The standard InChI is InChI=1S/C22H23N3O4/c1-16-6-5-9-18(14-16)23-20(26)15-29-22(28)11-10-21(27)25-13-12-19(24-25)17-7-3-2-4-8-17/h2-9,14H,10-13,15H2,1H3,(H,23,26). The Morgan fingerprint density at radius 1 is 1.07 bits per heavy atom. The molecule has 0 spiro atoms. The number of carbonyl (C=O) groups is 3. The fourth-order valence-corrected chi connectivity index (χ4v) is 2.95. The molecule has 29 heavy (non-hydrogen) atoms. The van der Waals surface area contributed by atoms with Crippen molar-refractivity contribution in [3.05, 3.63) is 65.7 Å². The summed E-state index contributed by atoms with van der Waals surface area (Å²) in [5.74, 6) is -1.26. The Labute approximate surface area is 169 Å². The maximum absolute atomic E-state index is 12.3. The maximum atomic E-state index is 12.3. The maximum Gasteiger partial charge on any atom is 0.306 e. The van der Waals surface area contributed by atoms with E-state index >= 15 is 0 Å². The van der Waals surface area contributed by atoms with E-state index in [1.165, 1.54) is 5.01 Å². The van der Waals surface area contributed by atoms with Crippen LogP contribution in [0.2, 0.25) is 0 Å². The van der Waals surface area contributed by atoms with Crippen molar-refractivity contribution in [1.82, 2.24) is 5.01 Å². The lowest BCUT2D eigenvalue weighted by atomic mass is 10.1. The van der Waals surface area contributed by atoms with Gasteiger partial charge in [0.15, 0.2) is 6.61 Å². The number of aryl methyl sites for hydroxylation is 1. The van der Waals surface area contributed by atoms with Crippen LogP contribution in [0.1, 0.15) is 30.4 Å².